The van der Waals surface area contributed by atoms with Crippen LogP contribution in [-0.2, 0) is 24.4 Å². The fourth-order valence-corrected chi connectivity index (χ4v) is 1.99. The van der Waals surface area contributed by atoms with Crippen molar-refractivity contribution in [3.8, 4) is 0 Å². The second-order valence-electron chi connectivity index (χ2n) is 3.59. The first-order valence-electron chi connectivity index (χ1n) is 5.36. The van der Waals surface area contributed by atoms with Gasteiger partial charge in [0.15, 0.2) is 0 Å². The van der Waals surface area contributed by atoms with Crippen molar-refractivity contribution in [2.75, 3.05) is 0 Å². The van der Waals surface area contributed by atoms with E-state index in [-0.39, 0.29) is 35.1 Å². The molecule has 1 aromatic carbocycles. The molecule has 1 rings (SSSR count). The number of carbonyl (C=O) groups excluding carboxylic acids is 2. The molecule has 0 radical (unpaired) electrons. The second-order valence-corrected chi connectivity index (χ2v) is 4.98. The number of esters is 2. The summed E-state index contributed by atoms with van der Waals surface area (Å²) in [6.45, 7) is 4.44. The molecule has 0 aliphatic rings. The van der Waals surface area contributed by atoms with E-state index in [2.05, 4.69) is 11.3 Å². The van der Waals surface area contributed by atoms with Crippen LogP contribution in [0.25, 0.3) is 0 Å². The van der Waals surface area contributed by atoms with Crippen molar-refractivity contribution >= 4 is 51.6 Å². The first-order chi connectivity index (χ1) is 9.25. The number of ether oxygens (including phenoxy) is 2. The Kier molecular flexibility index (Phi) is 7.83. The van der Waals surface area contributed by atoms with Crippen LogP contribution in [0.1, 0.15) is 17.3 Å². The first kappa shape index (κ1) is 19.8. The summed E-state index contributed by atoms with van der Waals surface area (Å²) in [6.07, 6.45) is -0.348. The zero-order chi connectivity index (χ0) is 15.3. The van der Waals surface area contributed by atoms with E-state index in [1.54, 1.807) is 0 Å². The van der Waals surface area contributed by atoms with Crippen molar-refractivity contribution in [2.24, 2.45) is 0 Å². The van der Waals surface area contributed by atoms with Gasteiger partial charge in [0.05, 0.1) is 5.56 Å². The topological polar surface area (TPSA) is 107 Å². The average molecular weight is 324 g/mol. The van der Waals surface area contributed by atoms with Crippen molar-refractivity contribution < 1.29 is 32.0 Å². The average Bonchev–Trinajstić information content (AvgIpc) is 2.37. The molecule has 0 aliphatic heterocycles. The summed E-state index contributed by atoms with van der Waals surface area (Å²) in [7, 11) is -4.57. The summed E-state index contributed by atoms with van der Waals surface area (Å²) in [4.78, 5) is 22.1. The van der Waals surface area contributed by atoms with Crippen LogP contribution in [-0.4, -0.2) is 60.8 Å². The summed E-state index contributed by atoms with van der Waals surface area (Å²) in [5.41, 5.74) is -0.364. The molecule has 1 N–H and O–H groups in total. The van der Waals surface area contributed by atoms with E-state index in [1.807, 2.05) is 0 Å². The molecule has 7 nitrogen and oxygen atoms in total. The Morgan fingerprint density at radius 1 is 1.29 bits per heavy atom. The summed E-state index contributed by atoms with van der Waals surface area (Å²) in [5, 5.41) is 0. The Bertz CT molecular complexity index is 639. The molecule has 0 saturated carbocycles. The Balaban J connectivity index is 0.00000400. The van der Waals surface area contributed by atoms with E-state index in [4.69, 9.17) is 9.29 Å². The Morgan fingerprint density at radius 3 is 2.38 bits per heavy atom. The molecule has 1 aromatic rings. The predicted molar refractivity (Wildman–Crippen MR) is 74.6 cm³/mol. The molecule has 9 heteroatoms. The molecule has 0 bridgehead atoms. The fraction of sp³-hybridized carbons (Fsp3) is 0.167. The third-order valence-corrected chi connectivity index (χ3v) is 3.02. The quantitative estimate of drug-likeness (QED) is 0.276. The summed E-state index contributed by atoms with van der Waals surface area (Å²) in [6, 6.07) is 4.94. The van der Waals surface area contributed by atoms with E-state index in [0.717, 1.165) is 18.2 Å². The molecule has 110 valence electrons. The van der Waals surface area contributed by atoms with Gasteiger partial charge in [-0.05, 0) is 12.1 Å². The molecule has 0 saturated heterocycles. The van der Waals surface area contributed by atoms with Gasteiger partial charge in [-0.3, -0.25) is 4.55 Å². The van der Waals surface area contributed by atoms with E-state index in [1.165, 1.54) is 19.1 Å². The van der Waals surface area contributed by atoms with Crippen molar-refractivity contribution in [2.45, 2.75) is 18.1 Å². The van der Waals surface area contributed by atoms with Crippen molar-refractivity contribution in [3.63, 3.8) is 0 Å². The van der Waals surface area contributed by atoms with Gasteiger partial charge in [0.25, 0.3) is 10.1 Å². The molecule has 1 atom stereocenters. The maximum absolute atomic E-state index is 11.8. The van der Waals surface area contributed by atoms with Gasteiger partial charge in [0.1, 0.15) is 4.90 Å². The fourth-order valence-electron chi connectivity index (χ4n) is 1.31. The predicted octanol–water partition coefficient (Wildman–Crippen LogP) is 0.517. The molecule has 0 amide bonds. The second kappa shape index (κ2) is 8.30. The zero-order valence-corrected chi connectivity index (χ0v) is 11.3. The van der Waals surface area contributed by atoms with Crippen molar-refractivity contribution in [3.05, 3.63) is 42.5 Å². The summed E-state index contributed by atoms with van der Waals surface area (Å²) < 4.78 is 40.6. The molecule has 0 aliphatic carbocycles. The third-order valence-electron chi connectivity index (χ3n) is 2.11. The van der Waals surface area contributed by atoms with Gasteiger partial charge in [-0.15, -0.1) is 0 Å². The minimum absolute atomic E-state index is 0. The monoisotopic (exact) mass is 324 g/mol. The van der Waals surface area contributed by atoms with Gasteiger partial charge in [-0.2, -0.15) is 8.42 Å². The van der Waals surface area contributed by atoms with Crippen LogP contribution in [0.5, 0.6) is 0 Å². The first-order valence-corrected chi connectivity index (χ1v) is 6.80. The molecular formula is C12H13NaO7S. The van der Waals surface area contributed by atoms with E-state index < -0.39 is 33.2 Å². The number of hydrogen-bond acceptors (Lipinski definition) is 6. The summed E-state index contributed by atoms with van der Waals surface area (Å²) in [5.74, 6) is -1.85. The normalized spacial score (nSPS) is 11.7. The number of carbonyl (C=O) groups is 2. The molecule has 1 unspecified atom stereocenters. The van der Waals surface area contributed by atoms with Gasteiger partial charge in [-0.25, -0.2) is 9.59 Å². The van der Waals surface area contributed by atoms with Gasteiger partial charge < -0.3 is 9.47 Å². The summed E-state index contributed by atoms with van der Waals surface area (Å²) >= 11 is 0. The molecule has 21 heavy (non-hydrogen) atoms. The number of hydrogen-bond donors (Lipinski definition) is 1. The molecule has 0 aromatic heterocycles. The zero-order valence-electron chi connectivity index (χ0n) is 10.5. The Hall–Kier alpha value is -1.19. The Labute approximate surface area is 144 Å². The molecule has 0 spiro atoms. The number of rotatable bonds is 5. The maximum atomic E-state index is 11.8. The van der Waals surface area contributed by atoms with Crippen LogP contribution in [0.4, 0.5) is 0 Å². The van der Waals surface area contributed by atoms with Crippen LogP contribution >= 0.6 is 0 Å². The van der Waals surface area contributed by atoms with Crippen LogP contribution in [0.15, 0.2) is 41.8 Å². The number of benzene rings is 1. The Morgan fingerprint density at radius 2 is 1.86 bits per heavy atom. The standard InChI is InChI=1S/C12H12O7S.Na.H/c1-3-11(13)18-8(2)19-12(14)9-6-4-5-7-10(9)20(15,16)17;;/h3-8H,1H2,2H3,(H,15,16,17);;. The van der Waals surface area contributed by atoms with E-state index in [9.17, 15) is 18.0 Å². The van der Waals surface area contributed by atoms with Crippen molar-refractivity contribution in [1.82, 2.24) is 0 Å². The van der Waals surface area contributed by atoms with Crippen LogP contribution in [0.3, 0.4) is 0 Å². The molecular weight excluding hydrogens is 311 g/mol. The molecule has 0 heterocycles. The van der Waals surface area contributed by atoms with Gasteiger partial charge in [0, 0.05) is 13.0 Å². The SMILES string of the molecule is C=CC(=O)OC(C)OC(=O)c1ccccc1S(=O)(=O)O.[NaH]. The van der Waals surface area contributed by atoms with Crippen LogP contribution in [0, 0.1) is 0 Å². The van der Waals surface area contributed by atoms with Crippen molar-refractivity contribution in [1.29, 1.82) is 0 Å². The van der Waals surface area contributed by atoms with Gasteiger partial charge >= 0.3 is 41.5 Å². The van der Waals surface area contributed by atoms with E-state index >= 15 is 0 Å². The van der Waals surface area contributed by atoms with Gasteiger partial charge in [-0.1, -0.05) is 18.7 Å². The van der Waals surface area contributed by atoms with Crippen LogP contribution in [0.2, 0.25) is 0 Å². The third kappa shape index (κ3) is 5.98. The molecule has 0 fully saturated rings. The minimum atomic E-state index is -4.57. The van der Waals surface area contributed by atoms with Gasteiger partial charge in [0.2, 0.25) is 6.29 Å². The van der Waals surface area contributed by atoms with E-state index in [0.29, 0.717) is 0 Å². The van der Waals surface area contributed by atoms with Crippen LogP contribution < -0.4 is 0 Å².